The molecule has 0 aromatic rings. The molecule has 3 nitrogen and oxygen atoms in total. The Morgan fingerprint density at radius 2 is 2.17 bits per heavy atom. The second kappa shape index (κ2) is 7.25. The molecule has 1 N–H and O–H groups in total. The lowest BCUT2D eigenvalue weighted by Gasteiger charge is -2.07. The van der Waals surface area contributed by atoms with Crippen molar-refractivity contribution < 1.29 is 9.53 Å². The first-order valence-corrected chi connectivity index (χ1v) is 4.41. The van der Waals surface area contributed by atoms with Gasteiger partial charge in [-0.25, -0.2) is 0 Å². The van der Waals surface area contributed by atoms with Crippen LogP contribution in [0.25, 0.3) is 0 Å². The van der Waals surface area contributed by atoms with Gasteiger partial charge in [-0.05, 0) is 20.4 Å². The molecule has 0 radical (unpaired) electrons. The monoisotopic (exact) mass is 173 g/mol. The zero-order valence-corrected chi connectivity index (χ0v) is 8.22. The minimum absolute atomic E-state index is 0.139. The van der Waals surface area contributed by atoms with E-state index in [1.165, 1.54) is 0 Å². The number of ether oxygens (including phenoxy) is 1. The van der Waals surface area contributed by atoms with Gasteiger partial charge >= 0.3 is 0 Å². The van der Waals surface area contributed by atoms with Gasteiger partial charge < -0.3 is 10.1 Å². The van der Waals surface area contributed by atoms with Gasteiger partial charge in [0.25, 0.3) is 0 Å². The van der Waals surface area contributed by atoms with Crippen LogP contribution in [0.15, 0.2) is 0 Å². The van der Waals surface area contributed by atoms with Crippen molar-refractivity contribution in [3.63, 3.8) is 0 Å². The van der Waals surface area contributed by atoms with E-state index in [-0.39, 0.29) is 11.7 Å². The summed E-state index contributed by atoms with van der Waals surface area (Å²) < 4.78 is 5.28. The van der Waals surface area contributed by atoms with E-state index in [0.29, 0.717) is 6.61 Å². The van der Waals surface area contributed by atoms with Crippen LogP contribution in [0.4, 0.5) is 0 Å². The van der Waals surface area contributed by atoms with Gasteiger partial charge in [-0.15, -0.1) is 0 Å². The Kier molecular flexibility index (Phi) is 7.00. The number of likely N-dealkylation sites (N-methyl/N-ethyl adjacent to an activating group) is 1. The fourth-order valence-corrected chi connectivity index (χ4v) is 0.740. The predicted molar refractivity (Wildman–Crippen MR) is 49.2 cm³/mol. The maximum atomic E-state index is 10.8. The van der Waals surface area contributed by atoms with Gasteiger partial charge in [-0.3, -0.25) is 4.79 Å². The number of nitrogens with one attached hydrogen (secondary N) is 1. The molecule has 0 aromatic carbocycles. The number of ketones is 1. The largest absolute Gasteiger partial charge is 0.380 e. The van der Waals surface area contributed by atoms with Crippen LogP contribution in [0.3, 0.4) is 0 Å². The van der Waals surface area contributed by atoms with Gasteiger partial charge in [-0.2, -0.15) is 0 Å². The van der Waals surface area contributed by atoms with Crippen LogP contribution in [0.2, 0.25) is 0 Å². The lowest BCUT2D eigenvalue weighted by Crippen LogP contribution is -2.16. The fraction of sp³-hybridized carbons (Fsp3) is 0.889. The van der Waals surface area contributed by atoms with Crippen LogP contribution in [-0.2, 0) is 9.53 Å². The molecule has 1 unspecified atom stereocenters. The first-order valence-electron chi connectivity index (χ1n) is 4.41. The van der Waals surface area contributed by atoms with Crippen LogP contribution in [0.1, 0.15) is 20.3 Å². The molecule has 0 saturated heterocycles. The summed E-state index contributed by atoms with van der Waals surface area (Å²) in [5, 5.41) is 2.99. The number of carbonyl (C=O) groups excluding carboxylic acids is 1. The molecule has 0 fully saturated rings. The lowest BCUT2D eigenvalue weighted by atomic mass is 10.1. The minimum Gasteiger partial charge on any atom is -0.380 e. The second-order valence-electron chi connectivity index (χ2n) is 3.02. The van der Waals surface area contributed by atoms with Crippen molar-refractivity contribution in [3.8, 4) is 0 Å². The van der Waals surface area contributed by atoms with Crippen molar-refractivity contribution >= 4 is 5.78 Å². The van der Waals surface area contributed by atoms with Crippen molar-refractivity contribution in [1.82, 2.24) is 5.32 Å². The zero-order valence-electron chi connectivity index (χ0n) is 8.22. The van der Waals surface area contributed by atoms with Gasteiger partial charge in [0.15, 0.2) is 0 Å². The van der Waals surface area contributed by atoms with E-state index >= 15 is 0 Å². The molecule has 0 amide bonds. The molecule has 0 aliphatic rings. The molecular formula is C9H19NO2. The number of Topliss-reactive ketones (excluding diaryl/α,β-unsaturated/α-hetero) is 1. The highest BCUT2D eigenvalue weighted by Gasteiger charge is 2.05. The van der Waals surface area contributed by atoms with E-state index in [2.05, 4.69) is 5.32 Å². The Balaban J connectivity index is 3.14. The van der Waals surface area contributed by atoms with Crippen molar-refractivity contribution in [3.05, 3.63) is 0 Å². The van der Waals surface area contributed by atoms with Crippen LogP contribution >= 0.6 is 0 Å². The summed E-state index contributed by atoms with van der Waals surface area (Å²) in [6.07, 6.45) is 0.832. The van der Waals surface area contributed by atoms with Crippen molar-refractivity contribution in [2.24, 2.45) is 5.92 Å². The quantitative estimate of drug-likeness (QED) is 0.580. The molecule has 0 aliphatic carbocycles. The highest BCUT2D eigenvalue weighted by Crippen LogP contribution is 2.02. The number of hydrogen-bond acceptors (Lipinski definition) is 3. The molecule has 0 heterocycles. The molecule has 0 saturated carbocycles. The summed E-state index contributed by atoms with van der Waals surface area (Å²) in [5.41, 5.74) is 0. The molecular weight excluding hydrogens is 154 g/mol. The smallest absolute Gasteiger partial charge is 0.132 e. The SMILES string of the molecule is CNCCOCCC(C)C(C)=O. The first-order chi connectivity index (χ1) is 5.68. The highest BCUT2D eigenvalue weighted by molar-refractivity contribution is 5.77. The van der Waals surface area contributed by atoms with Crippen molar-refractivity contribution in [1.29, 1.82) is 0 Å². The lowest BCUT2D eigenvalue weighted by molar-refractivity contribution is -0.120. The van der Waals surface area contributed by atoms with Crippen molar-refractivity contribution in [2.75, 3.05) is 26.8 Å². The van der Waals surface area contributed by atoms with E-state index in [4.69, 9.17) is 4.74 Å². The average molecular weight is 173 g/mol. The van der Waals surface area contributed by atoms with Crippen LogP contribution < -0.4 is 5.32 Å². The van der Waals surface area contributed by atoms with Gasteiger partial charge in [0.05, 0.1) is 6.61 Å². The Morgan fingerprint density at radius 1 is 1.50 bits per heavy atom. The fourth-order valence-electron chi connectivity index (χ4n) is 0.740. The Bertz CT molecular complexity index is 126. The highest BCUT2D eigenvalue weighted by atomic mass is 16.5. The van der Waals surface area contributed by atoms with E-state index in [1.54, 1.807) is 6.92 Å². The minimum atomic E-state index is 0.139. The number of hydrogen-bond donors (Lipinski definition) is 1. The third kappa shape index (κ3) is 6.31. The van der Waals surface area contributed by atoms with Gasteiger partial charge in [0.1, 0.15) is 5.78 Å². The van der Waals surface area contributed by atoms with E-state index in [1.807, 2.05) is 14.0 Å². The third-order valence-corrected chi connectivity index (χ3v) is 1.89. The third-order valence-electron chi connectivity index (χ3n) is 1.89. The Labute approximate surface area is 74.5 Å². The number of carbonyl (C=O) groups is 1. The van der Waals surface area contributed by atoms with E-state index in [0.717, 1.165) is 19.6 Å². The van der Waals surface area contributed by atoms with Gasteiger partial charge in [0.2, 0.25) is 0 Å². The first kappa shape index (κ1) is 11.6. The standard InChI is InChI=1S/C9H19NO2/c1-8(9(2)11)4-6-12-7-5-10-3/h8,10H,4-7H2,1-3H3. The summed E-state index contributed by atoms with van der Waals surface area (Å²) in [7, 11) is 1.89. The zero-order chi connectivity index (χ0) is 9.40. The topological polar surface area (TPSA) is 38.3 Å². The Morgan fingerprint density at radius 3 is 2.67 bits per heavy atom. The Hall–Kier alpha value is -0.410. The molecule has 0 aliphatic heterocycles. The molecule has 12 heavy (non-hydrogen) atoms. The van der Waals surface area contributed by atoms with Crippen LogP contribution in [0, 0.1) is 5.92 Å². The average Bonchev–Trinajstić information content (AvgIpc) is 2.03. The molecule has 0 spiro atoms. The summed E-state index contributed by atoms with van der Waals surface area (Å²) in [6, 6.07) is 0. The normalized spacial score (nSPS) is 12.9. The maximum Gasteiger partial charge on any atom is 0.132 e. The van der Waals surface area contributed by atoms with E-state index < -0.39 is 0 Å². The number of rotatable bonds is 7. The van der Waals surface area contributed by atoms with Gasteiger partial charge in [-0.1, -0.05) is 6.92 Å². The van der Waals surface area contributed by atoms with Crippen LogP contribution in [0.5, 0.6) is 0 Å². The second-order valence-corrected chi connectivity index (χ2v) is 3.02. The summed E-state index contributed by atoms with van der Waals surface area (Å²) in [5.74, 6) is 0.381. The summed E-state index contributed by atoms with van der Waals surface area (Å²) in [4.78, 5) is 10.8. The molecule has 0 bridgehead atoms. The summed E-state index contributed by atoms with van der Waals surface area (Å²) >= 11 is 0. The van der Waals surface area contributed by atoms with E-state index in [9.17, 15) is 4.79 Å². The molecule has 72 valence electrons. The summed E-state index contributed by atoms with van der Waals surface area (Å²) in [6.45, 7) is 5.83. The maximum absolute atomic E-state index is 10.8. The van der Waals surface area contributed by atoms with Crippen LogP contribution in [-0.4, -0.2) is 32.6 Å². The molecule has 0 aromatic heterocycles. The molecule has 0 rings (SSSR count). The molecule has 1 atom stereocenters. The molecule has 3 heteroatoms. The van der Waals surface area contributed by atoms with Gasteiger partial charge in [0, 0.05) is 19.1 Å². The van der Waals surface area contributed by atoms with Crippen molar-refractivity contribution in [2.45, 2.75) is 20.3 Å². The predicted octanol–water partition coefficient (Wildman–Crippen LogP) is 0.838.